The molecule has 0 bridgehead atoms. The number of aliphatic hydroxyl groups is 1. The van der Waals surface area contributed by atoms with Gasteiger partial charge in [-0.05, 0) is 48.6 Å². The van der Waals surface area contributed by atoms with E-state index in [9.17, 15) is 5.11 Å². The second-order valence-electron chi connectivity index (χ2n) is 5.80. The van der Waals surface area contributed by atoms with Gasteiger partial charge in [0, 0.05) is 0 Å². The third kappa shape index (κ3) is 2.26. The van der Waals surface area contributed by atoms with Gasteiger partial charge in [-0.1, -0.05) is 43.5 Å². The van der Waals surface area contributed by atoms with Crippen LogP contribution in [0.1, 0.15) is 55.6 Å². The van der Waals surface area contributed by atoms with Gasteiger partial charge in [0.2, 0.25) is 0 Å². The molecule has 92 valence electrons. The second-order valence-corrected chi connectivity index (χ2v) is 5.80. The average molecular weight is 230 g/mol. The highest BCUT2D eigenvalue weighted by Crippen LogP contribution is 2.41. The first kappa shape index (κ1) is 11.3. The Bertz CT molecular complexity index is 385. The summed E-state index contributed by atoms with van der Waals surface area (Å²) in [5.74, 6) is 1.28. The Morgan fingerprint density at radius 1 is 1.06 bits per heavy atom. The molecule has 0 aromatic heterocycles. The van der Waals surface area contributed by atoms with Gasteiger partial charge in [0.25, 0.3) is 0 Å². The van der Waals surface area contributed by atoms with Crippen LogP contribution in [0.3, 0.4) is 0 Å². The Hall–Kier alpha value is -0.820. The van der Waals surface area contributed by atoms with E-state index >= 15 is 0 Å². The minimum Gasteiger partial charge on any atom is -0.393 e. The molecule has 0 saturated heterocycles. The van der Waals surface area contributed by atoms with Crippen molar-refractivity contribution >= 4 is 0 Å². The standard InChI is InChI=1S/C16H22O/c17-16-9-3-1-2-7-13(16)11-14-10-12-6-4-5-8-15(12)14/h4-6,8,13-14,16-17H,1-3,7,9-11H2. The molecule has 0 spiro atoms. The molecule has 0 heterocycles. The van der Waals surface area contributed by atoms with Crippen molar-refractivity contribution in [1.82, 2.24) is 0 Å². The lowest BCUT2D eigenvalue weighted by Gasteiger charge is -2.34. The predicted octanol–water partition coefficient (Wildman–Crippen LogP) is 3.66. The third-order valence-electron chi connectivity index (χ3n) is 4.67. The molecule has 1 aromatic rings. The van der Waals surface area contributed by atoms with Gasteiger partial charge in [-0.25, -0.2) is 0 Å². The minimum absolute atomic E-state index is 0.0368. The molecule has 1 N–H and O–H groups in total. The van der Waals surface area contributed by atoms with Crippen molar-refractivity contribution in [2.45, 2.75) is 57.0 Å². The number of rotatable bonds is 2. The molecule has 2 aliphatic carbocycles. The molecule has 1 saturated carbocycles. The van der Waals surface area contributed by atoms with Crippen LogP contribution in [0.2, 0.25) is 0 Å². The summed E-state index contributed by atoms with van der Waals surface area (Å²) in [7, 11) is 0. The van der Waals surface area contributed by atoms with Crippen LogP contribution in [-0.4, -0.2) is 11.2 Å². The number of benzene rings is 1. The zero-order valence-electron chi connectivity index (χ0n) is 10.4. The molecule has 2 aliphatic rings. The molecule has 1 aromatic carbocycles. The van der Waals surface area contributed by atoms with E-state index in [2.05, 4.69) is 24.3 Å². The van der Waals surface area contributed by atoms with Crippen LogP contribution >= 0.6 is 0 Å². The van der Waals surface area contributed by atoms with Crippen molar-refractivity contribution in [2.75, 3.05) is 0 Å². The maximum Gasteiger partial charge on any atom is 0.0568 e. The number of aliphatic hydroxyl groups excluding tert-OH is 1. The molecule has 3 rings (SSSR count). The van der Waals surface area contributed by atoms with Crippen LogP contribution in [0, 0.1) is 5.92 Å². The summed E-state index contributed by atoms with van der Waals surface area (Å²) < 4.78 is 0. The van der Waals surface area contributed by atoms with Gasteiger partial charge < -0.3 is 5.11 Å². The maximum atomic E-state index is 10.2. The Balaban J connectivity index is 1.64. The lowest BCUT2D eigenvalue weighted by Crippen LogP contribution is -2.26. The van der Waals surface area contributed by atoms with E-state index in [1.54, 1.807) is 5.56 Å². The molecule has 0 radical (unpaired) electrons. The van der Waals surface area contributed by atoms with E-state index in [-0.39, 0.29) is 6.10 Å². The summed E-state index contributed by atoms with van der Waals surface area (Å²) in [4.78, 5) is 0. The van der Waals surface area contributed by atoms with Crippen molar-refractivity contribution in [3.63, 3.8) is 0 Å². The van der Waals surface area contributed by atoms with Crippen LogP contribution in [0.15, 0.2) is 24.3 Å². The number of hydrogen-bond donors (Lipinski definition) is 1. The number of fused-ring (bicyclic) bond motifs is 1. The molecule has 3 unspecified atom stereocenters. The van der Waals surface area contributed by atoms with E-state index in [0.717, 1.165) is 12.3 Å². The van der Waals surface area contributed by atoms with Gasteiger partial charge in [0.1, 0.15) is 0 Å². The Morgan fingerprint density at radius 3 is 2.76 bits per heavy atom. The minimum atomic E-state index is -0.0368. The van der Waals surface area contributed by atoms with E-state index in [4.69, 9.17) is 0 Å². The summed E-state index contributed by atoms with van der Waals surface area (Å²) in [6.45, 7) is 0. The average Bonchev–Trinajstić information content (AvgIpc) is 2.51. The van der Waals surface area contributed by atoms with Crippen LogP contribution in [0.25, 0.3) is 0 Å². The van der Waals surface area contributed by atoms with Crippen molar-refractivity contribution in [1.29, 1.82) is 0 Å². The van der Waals surface area contributed by atoms with Crippen LogP contribution in [0.5, 0.6) is 0 Å². The SMILES string of the molecule is OC1CCCCCC1CC1Cc2ccccc21. The predicted molar refractivity (Wildman–Crippen MR) is 70.1 cm³/mol. The van der Waals surface area contributed by atoms with Crippen molar-refractivity contribution in [2.24, 2.45) is 5.92 Å². The van der Waals surface area contributed by atoms with Crippen molar-refractivity contribution in [3.8, 4) is 0 Å². The van der Waals surface area contributed by atoms with E-state index in [0.29, 0.717) is 5.92 Å². The fraction of sp³-hybridized carbons (Fsp3) is 0.625. The molecule has 1 heteroatoms. The van der Waals surface area contributed by atoms with Gasteiger partial charge >= 0.3 is 0 Å². The van der Waals surface area contributed by atoms with E-state index in [1.807, 2.05) is 0 Å². The molecule has 0 amide bonds. The van der Waals surface area contributed by atoms with Crippen molar-refractivity contribution < 1.29 is 5.11 Å². The number of hydrogen-bond acceptors (Lipinski definition) is 1. The first-order valence-corrected chi connectivity index (χ1v) is 7.10. The zero-order chi connectivity index (χ0) is 11.7. The summed E-state index contributed by atoms with van der Waals surface area (Å²) in [6.07, 6.45) is 8.52. The topological polar surface area (TPSA) is 20.2 Å². The first-order chi connectivity index (χ1) is 8.34. The summed E-state index contributed by atoms with van der Waals surface area (Å²) in [6, 6.07) is 8.80. The Kier molecular flexibility index (Phi) is 3.19. The summed E-state index contributed by atoms with van der Waals surface area (Å²) in [5, 5.41) is 10.2. The van der Waals surface area contributed by atoms with Crippen LogP contribution < -0.4 is 0 Å². The van der Waals surface area contributed by atoms with Gasteiger partial charge in [-0.3, -0.25) is 0 Å². The quantitative estimate of drug-likeness (QED) is 0.769. The molecule has 1 fully saturated rings. The molecular formula is C16H22O. The second kappa shape index (κ2) is 4.81. The summed E-state index contributed by atoms with van der Waals surface area (Å²) in [5.41, 5.74) is 3.07. The molecule has 3 atom stereocenters. The fourth-order valence-electron chi connectivity index (χ4n) is 3.58. The normalized spacial score (nSPS) is 32.4. The highest BCUT2D eigenvalue weighted by atomic mass is 16.3. The first-order valence-electron chi connectivity index (χ1n) is 7.10. The maximum absolute atomic E-state index is 10.2. The van der Waals surface area contributed by atoms with Crippen LogP contribution in [-0.2, 0) is 6.42 Å². The monoisotopic (exact) mass is 230 g/mol. The van der Waals surface area contributed by atoms with Gasteiger partial charge in [-0.15, -0.1) is 0 Å². The smallest absolute Gasteiger partial charge is 0.0568 e. The molecule has 17 heavy (non-hydrogen) atoms. The Morgan fingerprint density at radius 2 is 1.88 bits per heavy atom. The molecular weight excluding hydrogens is 208 g/mol. The molecule has 1 nitrogen and oxygen atoms in total. The largest absolute Gasteiger partial charge is 0.393 e. The zero-order valence-corrected chi connectivity index (χ0v) is 10.4. The molecule has 0 aliphatic heterocycles. The van der Waals surface area contributed by atoms with Gasteiger partial charge in [-0.2, -0.15) is 0 Å². The highest BCUT2D eigenvalue weighted by Gasteiger charge is 2.31. The lowest BCUT2D eigenvalue weighted by atomic mass is 9.72. The van der Waals surface area contributed by atoms with Crippen LogP contribution in [0.4, 0.5) is 0 Å². The summed E-state index contributed by atoms with van der Waals surface area (Å²) >= 11 is 0. The fourth-order valence-corrected chi connectivity index (χ4v) is 3.58. The van der Waals surface area contributed by atoms with E-state index < -0.39 is 0 Å². The lowest BCUT2D eigenvalue weighted by molar-refractivity contribution is 0.0900. The highest BCUT2D eigenvalue weighted by molar-refractivity contribution is 5.39. The van der Waals surface area contributed by atoms with Gasteiger partial charge in [0.15, 0.2) is 0 Å². The third-order valence-corrected chi connectivity index (χ3v) is 4.67. The Labute approximate surface area is 104 Å². The van der Waals surface area contributed by atoms with E-state index in [1.165, 1.54) is 44.1 Å². The van der Waals surface area contributed by atoms with Crippen molar-refractivity contribution in [3.05, 3.63) is 35.4 Å². The van der Waals surface area contributed by atoms with Gasteiger partial charge in [0.05, 0.1) is 6.10 Å².